The van der Waals surface area contributed by atoms with E-state index in [1.54, 1.807) is 0 Å². The van der Waals surface area contributed by atoms with Crippen molar-refractivity contribution in [3.05, 3.63) is 51.3 Å². The molecule has 3 nitrogen and oxygen atoms in total. The van der Waals surface area contributed by atoms with Crippen LogP contribution in [0.1, 0.15) is 28.4 Å². The van der Waals surface area contributed by atoms with Gasteiger partial charge in [-0.2, -0.15) is 5.10 Å². The third kappa shape index (κ3) is 2.22. The van der Waals surface area contributed by atoms with E-state index in [2.05, 4.69) is 58.4 Å². The van der Waals surface area contributed by atoms with Crippen molar-refractivity contribution in [3.63, 3.8) is 0 Å². The van der Waals surface area contributed by atoms with Gasteiger partial charge in [-0.15, -0.1) is 0 Å². The fourth-order valence-electron chi connectivity index (χ4n) is 2.45. The average Bonchev–Trinajstić information content (AvgIpc) is 2.65. The number of nitrogens with one attached hydrogen (secondary N) is 1. The number of aromatic nitrogens is 2. The summed E-state index contributed by atoms with van der Waals surface area (Å²) in [6.45, 7) is 4.30. The standard InChI is InChI=1S/C14H18BrN3/c1-9-6-5-7-10(2)12(9)13(16-3)14-11(15)8-17-18(14)4/h5-8,13,16H,1-4H3. The lowest BCUT2D eigenvalue weighted by Gasteiger charge is -2.22. The van der Waals surface area contributed by atoms with Crippen LogP contribution in [-0.2, 0) is 7.05 Å². The molecule has 1 aromatic heterocycles. The van der Waals surface area contributed by atoms with Gasteiger partial charge in [0.05, 0.1) is 22.4 Å². The summed E-state index contributed by atoms with van der Waals surface area (Å²) in [4.78, 5) is 0. The Balaban J connectivity index is 2.59. The topological polar surface area (TPSA) is 29.9 Å². The number of aryl methyl sites for hydroxylation is 3. The van der Waals surface area contributed by atoms with Crippen molar-refractivity contribution in [2.24, 2.45) is 7.05 Å². The van der Waals surface area contributed by atoms with Crippen LogP contribution in [-0.4, -0.2) is 16.8 Å². The lowest BCUT2D eigenvalue weighted by molar-refractivity contribution is 0.599. The zero-order valence-corrected chi connectivity index (χ0v) is 12.7. The molecule has 1 N–H and O–H groups in total. The van der Waals surface area contributed by atoms with Crippen molar-refractivity contribution in [2.75, 3.05) is 7.05 Å². The number of hydrogen-bond acceptors (Lipinski definition) is 2. The van der Waals surface area contributed by atoms with E-state index < -0.39 is 0 Å². The van der Waals surface area contributed by atoms with Gasteiger partial charge >= 0.3 is 0 Å². The van der Waals surface area contributed by atoms with Gasteiger partial charge in [0.15, 0.2) is 0 Å². The largest absolute Gasteiger partial charge is 0.308 e. The van der Waals surface area contributed by atoms with E-state index in [1.165, 1.54) is 16.7 Å². The first-order chi connectivity index (χ1) is 8.56. The summed E-state index contributed by atoms with van der Waals surface area (Å²) in [5.74, 6) is 0. The molecule has 0 saturated carbocycles. The Morgan fingerprint density at radius 2 is 1.89 bits per heavy atom. The van der Waals surface area contributed by atoms with E-state index in [1.807, 2.05) is 25.0 Å². The van der Waals surface area contributed by atoms with Crippen molar-refractivity contribution in [1.29, 1.82) is 0 Å². The zero-order valence-electron chi connectivity index (χ0n) is 11.2. The normalized spacial score (nSPS) is 12.7. The van der Waals surface area contributed by atoms with Crippen molar-refractivity contribution in [2.45, 2.75) is 19.9 Å². The molecule has 4 heteroatoms. The highest BCUT2D eigenvalue weighted by molar-refractivity contribution is 9.10. The van der Waals surface area contributed by atoms with Gasteiger partial charge in [0.2, 0.25) is 0 Å². The molecule has 1 atom stereocenters. The van der Waals surface area contributed by atoms with E-state index in [0.29, 0.717) is 0 Å². The maximum absolute atomic E-state index is 4.30. The van der Waals surface area contributed by atoms with E-state index in [0.717, 1.165) is 10.2 Å². The summed E-state index contributed by atoms with van der Waals surface area (Å²) in [6.07, 6.45) is 1.84. The Bertz CT molecular complexity index is 520. The number of rotatable bonds is 3. The Kier molecular flexibility index (Phi) is 3.88. The van der Waals surface area contributed by atoms with E-state index in [-0.39, 0.29) is 6.04 Å². The Hall–Kier alpha value is -1.13. The van der Waals surface area contributed by atoms with Crippen LogP contribution in [0, 0.1) is 13.8 Å². The van der Waals surface area contributed by atoms with E-state index >= 15 is 0 Å². The van der Waals surface area contributed by atoms with Crippen molar-refractivity contribution < 1.29 is 0 Å². The lowest BCUT2D eigenvalue weighted by Crippen LogP contribution is -2.22. The molecule has 1 aromatic carbocycles. The van der Waals surface area contributed by atoms with Gasteiger partial charge in [0.1, 0.15) is 0 Å². The van der Waals surface area contributed by atoms with Crippen LogP contribution in [0.15, 0.2) is 28.9 Å². The molecule has 2 rings (SSSR count). The van der Waals surface area contributed by atoms with Gasteiger partial charge in [-0.25, -0.2) is 0 Å². The highest BCUT2D eigenvalue weighted by Gasteiger charge is 2.21. The Morgan fingerprint density at radius 1 is 1.28 bits per heavy atom. The fourth-order valence-corrected chi connectivity index (χ4v) is 3.02. The van der Waals surface area contributed by atoms with Gasteiger partial charge < -0.3 is 5.32 Å². The number of benzene rings is 1. The molecular formula is C14H18BrN3. The minimum Gasteiger partial charge on any atom is -0.308 e. The minimum absolute atomic E-state index is 0.146. The van der Waals surface area contributed by atoms with Gasteiger partial charge in [-0.05, 0) is 53.5 Å². The minimum atomic E-state index is 0.146. The Labute approximate surface area is 116 Å². The first-order valence-corrected chi connectivity index (χ1v) is 6.76. The SMILES string of the molecule is CNC(c1c(C)cccc1C)c1c(Br)cnn1C. The molecule has 18 heavy (non-hydrogen) atoms. The van der Waals surface area contributed by atoms with Crippen LogP contribution in [0.5, 0.6) is 0 Å². The van der Waals surface area contributed by atoms with Crippen LogP contribution in [0.25, 0.3) is 0 Å². The number of nitrogens with zero attached hydrogens (tertiary/aromatic N) is 2. The number of hydrogen-bond donors (Lipinski definition) is 1. The first kappa shape index (κ1) is 13.3. The predicted molar refractivity (Wildman–Crippen MR) is 77.7 cm³/mol. The summed E-state index contributed by atoms with van der Waals surface area (Å²) >= 11 is 3.58. The molecule has 2 aromatic rings. The molecule has 1 unspecified atom stereocenters. The summed E-state index contributed by atoms with van der Waals surface area (Å²) in [5, 5.41) is 7.69. The lowest BCUT2D eigenvalue weighted by atomic mass is 9.94. The van der Waals surface area contributed by atoms with Gasteiger partial charge in [-0.3, -0.25) is 4.68 Å². The molecule has 0 spiro atoms. The molecule has 1 heterocycles. The molecule has 0 saturated heterocycles. The van der Waals surface area contributed by atoms with Crippen LogP contribution >= 0.6 is 15.9 Å². The van der Waals surface area contributed by atoms with Crippen molar-refractivity contribution >= 4 is 15.9 Å². The zero-order chi connectivity index (χ0) is 13.3. The first-order valence-electron chi connectivity index (χ1n) is 5.97. The van der Waals surface area contributed by atoms with E-state index in [9.17, 15) is 0 Å². The fraction of sp³-hybridized carbons (Fsp3) is 0.357. The average molecular weight is 308 g/mol. The maximum atomic E-state index is 4.30. The Morgan fingerprint density at radius 3 is 2.33 bits per heavy atom. The highest BCUT2D eigenvalue weighted by Crippen LogP contribution is 2.31. The molecular weight excluding hydrogens is 290 g/mol. The molecule has 0 aliphatic heterocycles. The molecule has 0 aliphatic carbocycles. The van der Waals surface area contributed by atoms with Crippen LogP contribution < -0.4 is 5.32 Å². The van der Waals surface area contributed by atoms with Gasteiger partial charge in [0, 0.05) is 7.05 Å². The third-order valence-corrected chi connectivity index (χ3v) is 3.94. The molecule has 96 valence electrons. The molecule has 0 bridgehead atoms. The monoisotopic (exact) mass is 307 g/mol. The summed E-state index contributed by atoms with van der Waals surface area (Å²) < 4.78 is 2.95. The second kappa shape index (κ2) is 5.24. The highest BCUT2D eigenvalue weighted by atomic mass is 79.9. The second-order valence-electron chi connectivity index (χ2n) is 4.53. The molecule has 0 fully saturated rings. The van der Waals surface area contributed by atoms with Crippen molar-refractivity contribution in [3.8, 4) is 0 Å². The summed E-state index contributed by atoms with van der Waals surface area (Å²) in [6, 6.07) is 6.54. The molecule has 0 radical (unpaired) electrons. The predicted octanol–water partition coefficient (Wildman–Crippen LogP) is 3.11. The van der Waals surface area contributed by atoms with Crippen LogP contribution in [0.3, 0.4) is 0 Å². The van der Waals surface area contributed by atoms with Crippen LogP contribution in [0.2, 0.25) is 0 Å². The quantitative estimate of drug-likeness (QED) is 0.944. The summed E-state index contributed by atoms with van der Waals surface area (Å²) in [5.41, 5.74) is 5.06. The smallest absolute Gasteiger partial charge is 0.0762 e. The second-order valence-corrected chi connectivity index (χ2v) is 5.38. The van der Waals surface area contributed by atoms with E-state index in [4.69, 9.17) is 0 Å². The maximum Gasteiger partial charge on any atom is 0.0762 e. The van der Waals surface area contributed by atoms with Gasteiger partial charge in [0.25, 0.3) is 0 Å². The van der Waals surface area contributed by atoms with Crippen LogP contribution in [0.4, 0.5) is 0 Å². The number of halogens is 1. The molecule has 0 aliphatic rings. The summed E-state index contributed by atoms with van der Waals surface area (Å²) in [7, 11) is 3.95. The van der Waals surface area contributed by atoms with Gasteiger partial charge in [-0.1, -0.05) is 18.2 Å². The third-order valence-electron chi connectivity index (χ3n) is 3.33. The molecule has 0 amide bonds. The van der Waals surface area contributed by atoms with Crippen molar-refractivity contribution in [1.82, 2.24) is 15.1 Å².